The van der Waals surface area contributed by atoms with Crippen molar-refractivity contribution in [2.45, 2.75) is 31.8 Å². The molecule has 5 heteroatoms. The number of nitrogens with one attached hydrogen (secondary N) is 1. The van der Waals surface area contributed by atoms with Gasteiger partial charge < -0.3 is 11.1 Å². The van der Waals surface area contributed by atoms with Gasteiger partial charge in [0, 0.05) is 6.54 Å². The second-order valence-electron chi connectivity index (χ2n) is 4.46. The number of nitrogens with two attached hydrogens (primary N) is 1. The van der Waals surface area contributed by atoms with Gasteiger partial charge in [-0.2, -0.15) is 0 Å². The van der Waals surface area contributed by atoms with Crippen molar-refractivity contribution in [1.29, 1.82) is 0 Å². The standard InChI is InChI=1S/C12H17N5/c13-8-9-4-3-6-11-15-12(16-17(9)11)10-5-1-2-7-14-10/h3-4,6,10,14H,1-2,5,7-8,13H2. The molecule has 0 bridgehead atoms. The molecule has 17 heavy (non-hydrogen) atoms. The van der Waals surface area contributed by atoms with Crippen molar-refractivity contribution in [1.82, 2.24) is 19.9 Å². The zero-order valence-corrected chi connectivity index (χ0v) is 9.76. The number of pyridine rings is 1. The summed E-state index contributed by atoms with van der Waals surface area (Å²) >= 11 is 0. The molecule has 1 unspecified atom stereocenters. The third kappa shape index (κ3) is 1.92. The number of aromatic nitrogens is 3. The Hall–Kier alpha value is -1.46. The average Bonchev–Trinajstić information content (AvgIpc) is 2.83. The highest BCUT2D eigenvalue weighted by Crippen LogP contribution is 2.20. The number of hydrogen-bond acceptors (Lipinski definition) is 4. The van der Waals surface area contributed by atoms with Crippen LogP contribution in [0.1, 0.15) is 36.8 Å². The second-order valence-corrected chi connectivity index (χ2v) is 4.46. The number of fused-ring (bicyclic) bond motifs is 1. The molecule has 1 aliphatic rings. The Morgan fingerprint density at radius 2 is 2.35 bits per heavy atom. The molecule has 1 saturated heterocycles. The van der Waals surface area contributed by atoms with Gasteiger partial charge in [0.2, 0.25) is 0 Å². The van der Waals surface area contributed by atoms with Crippen molar-refractivity contribution in [3.63, 3.8) is 0 Å². The first-order valence-electron chi connectivity index (χ1n) is 6.16. The molecule has 90 valence electrons. The van der Waals surface area contributed by atoms with Crippen LogP contribution in [0.4, 0.5) is 0 Å². The molecular formula is C12H17N5. The van der Waals surface area contributed by atoms with E-state index in [0.29, 0.717) is 12.6 Å². The zero-order valence-electron chi connectivity index (χ0n) is 9.76. The lowest BCUT2D eigenvalue weighted by molar-refractivity contribution is 0.397. The molecule has 0 saturated carbocycles. The van der Waals surface area contributed by atoms with E-state index in [0.717, 1.165) is 30.1 Å². The third-order valence-corrected chi connectivity index (χ3v) is 3.29. The SMILES string of the molecule is NCc1cccc2nc(C3CCCCN3)nn12. The second kappa shape index (κ2) is 4.43. The predicted octanol–water partition coefficient (Wildman–Crippen LogP) is 1.00. The van der Waals surface area contributed by atoms with Gasteiger partial charge >= 0.3 is 0 Å². The Morgan fingerprint density at radius 1 is 1.41 bits per heavy atom. The van der Waals surface area contributed by atoms with Crippen LogP contribution in [0.15, 0.2) is 18.2 Å². The molecule has 1 aliphatic heterocycles. The van der Waals surface area contributed by atoms with Crippen LogP contribution < -0.4 is 11.1 Å². The van der Waals surface area contributed by atoms with E-state index in [4.69, 9.17) is 5.73 Å². The van der Waals surface area contributed by atoms with E-state index in [1.165, 1.54) is 12.8 Å². The largest absolute Gasteiger partial charge is 0.325 e. The van der Waals surface area contributed by atoms with E-state index in [-0.39, 0.29) is 0 Å². The summed E-state index contributed by atoms with van der Waals surface area (Å²) in [6, 6.07) is 6.23. The van der Waals surface area contributed by atoms with Gasteiger partial charge in [0.25, 0.3) is 0 Å². The highest BCUT2D eigenvalue weighted by Gasteiger charge is 2.19. The monoisotopic (exact) mass is 231 g/mol. The third-order valence-electron chi connectivity index (χ3n) is 3.29. The fraction of sp³-hybridized carbons (Fsp3) is 0.500. The average molecular weight is 231 g/mol. The van der Waals surface area contributed by atoms with Crippen LogP contribution in [0.3, 0.4) is 0 Å². The zero-order chi connectivity index (χ0) is 11.7. The summed E-state index contributed by atoms with van der Waals surface area (Å²) < 4.78 is 1.85. The molecule has 3 rings (SSSR count). The Bertz CT molecular complexity index is 513. The molecule has 0 aromatic carbocycles. The molecule has 0 spiro atoms. The summed E-state index contributed by atoms with van der Waals surface area (Å²) in [4.78, 5) is 4.58. The molecule has 2 aromatic rings. The van der Waals surface area contributed by atoms with Crippen LogP contribution in [-0.4, -0.2) is 21.1 Å². The molecule has 0 amide bonds. The van der Waals surface area contributed by atoms with Crippen LogP contribution in [0.25, 0.3) is 5.65 Å². The smallest absolute Gasteiger partial charge is 0.168 e. The van der Waals surface area contributed by atoms with Crippen molar-refractivity contribution in [3.05, 3.63) is 29.7 Å². The normalized spacial score (nSPS) is 20.9. The Kier molecular flexibility index (Phi) is 2.78. The van der Waals surface area contributed by atoms with Crippen LogP contribution in [0.5, 0.6) is 0 Å². The number of nitrogens with zero attached hydrogens (tertiary/aromatic N) is 3. The summed E-state index contributed by atoms with van der Waals surface area (Å²) in [6.07, 6.45) is 3.61. The van der Waals surface area contributed by atoms with E-state index in [1.807, 2.05) is 22.7 Å². The van der Waals surface area contributed by atoms with Crippen molar-refractivity contribution in [3.8, 4) is 0 Å². The van der Waals surface area contributed by atoms with Crippen molar-refractivity contribution >= 4 is 5.65 Å². The van der Waals surface area contributed by atoms with Crippen molar-refractivity contribution in [2.24, 2.45) is 5.73 Å². The van der Waals surface area contributed by atoms with Crippen molar-refractivity contribution in [2.75, 3.05) is 6.54 Å². The Morgan fingerprint density at radius 3 is 3.12 bits per heavy atom. The molecule has 0 radical (unpaired) electrons. The number of rotatable bonds is 2. The lowest BCUT2D eigenvalue weighted by atomic mass is 10.0. The van der Waals surface area contributed by atoms with Crippen LogP contribution in [0.2, 0.25) is 0 Å². The van der Waals surface area contributed by atoms with Gasteiger partial charge in [-0.05, 0) is 31.5 Å². The Balaban J connectivity index is 2.00. The molecule has 0 aliphatic carbocycles. The van der Waals surface area contributed by atoms with E-state index in [9.17, 15) is 0 Å². The Labute approximate surface area is 100 Å². The van der Waals surface area contributed by atoms with Gasteiger partial charge in [-0.15, -0.1) is 5.10 Å². The fourth-order valence-corrected chi connectivity index (χ4v) is 2.35. The number of hydrogen-bond donors (Lipinski definition) is 2. The van der Waals surface area contributed by atoms with Crippen LogP contribution in [0, 0.1) is 0 Å². The highest BCUT2D eigenvalue weighted by atomic mass is 15.3. The van der Waals surface area contributed by atoms with Crippen LogP contribution >= 0.6 is 0 Å². The predicted molar refractivity (Wildman–Crippen MR) is 65.5 cm³/mol. The molecule has 3 heterocycles. The first kappa shape index (κ1) is 10.7. The first-order valence-corrected chi connectivity index (χ1v) is 6.16. The fourth-order valence-electron chi connectivity index (χ4n) is 2.35. The summed E-state index contributed by atoms with van der Waals surface area (Å²) in [6.45, 7) is 1.54. The summed E-state index contributed by atoms with van der Waals surface area (Å²) in [5.41, 5.74) is 7.58. The van der Waals surface area contributed by atoms with E-state index in [2.05, 4.69) is 15.4 Å². The summed E-state index contributed by atoms with van der Waals surface area (Å²) in [7, 11) is 0. The summed E-state index contributed by atoms with van der Waals surface area (Å²) in [5.74, 6) is 0.894. The highest BCUT2D eigenvalue weighted by molar-refractivity contribution is 5.39. The first-order chi connectivity index (χ1) is 8.38. The minimum absolute atomic E-state index is 0.300. The quantitative estimate of drug-likeness (QED) is 0.809. The van der Waals surface area contributed by atoms with Gasteiger partial charge in [0.15, 0.2) is 11.5 Å². The van der Waals surface area contributed by atoms with Gasteiger partial charge in [0.1, 0.15) is 0 Å². The van der Waals surface area contributed by atoms with E-state index < -0.39 is 0 Å². The van der Waals surface area contributed by atoms with Gasteiger partial charge in [-0.25, -0.2) is 9.50 Å². The minimum Gasteiger partial charge on any atom is -0.325 e. The van der Waals surface area contributed by atoms with E-state index in [1.54, 1.807) is 0 Å². The lowest BCUT2D eigenvalue weighted by Gasteiger charge is -2.20. The molecule has 5 nitrogen and oxygen atoms in total. The molecule has 1 fully saturated rings. The van der Waals surface area contributed by atoms with Gasteiger partial charge in [-0.3, -0.25) is 0 Å². The topological polar surface area (TPSA) is 68.2 Å². The molecular weight excluding hydrogens is 214 g/mol. The maximum atomic E-state index is 5.70. The molecule has 1 atom stereocenters. The number of piperidine rings is 1. The minimum atomic E-state index is 0.300. The molecule has 3 N–H and O–H groups in total. The van der Waals surface area contributed by atoms with Crippen molar-refractivity contribution < 1.29 is 0 Å². The molecule has 2 aromatic heterocycles. The van der Waals surface area contributed by atoms with Gasteiger partial charge in [-0.1, -0.05) is 12.5 Å². The van der Waals surface area contributed by atoms with Gasteiger partial charge in [0.05, 0.1) is 11.7 Å². The summed E-state index contributed by atoms with van der Waals surface area (Å²) in [5, 5.41) is 8.03. The maximum Gasteiger partial charge on any atom is 0.168 e. The van der Waals surface area contributed by atoms with Crippen LogP contribution in [-0.2, 0) is 6.54 Å². The van der Waals surface area contributed by atoms with E-state index >= 15 is 0 Å². The lowest BCUT2D eigenvalue weighted by Crippen LogP contribution is -2.27. The maximum absolute atomic E-state index is 5.70.